The summed E-state index contributed by atoms with van der Waals surface area (Å²) < 4.78 is 0. The van der Waals surface area contributed by atoms with Crippen LogP contribution in [0.25, 0.3) is 5.57 Å². The normalized spacial score (nSPS) is 19.8. The van der Waals surface area contributed by atoms with Gasteiger partial charge in [-0.1, -0.05) is 44.2 Å². The number of amides is 2. The van der Waals surface area contributed by atoms with E-state index in [-0.39, 0.29) is 23.8 Å². The lowest BCUT2D eigenvalue weighted by molar-refractivity contribution is -0.138. The Morgan fingerprint density at radius 2 is 2.03 bits per heavy atom. The van der Waals surface area contributed by atoms with Gasteiger partial charge in [-0.15, -0.1) is 11.3 Å². The second-order valence-corrected chi connectivity index (χ2v) is 9.65. The largest absolute Gasteiger partial charge is 0.343 e. The highest BCUT2D eigenvalue weighted by Crippen LogP contribution is 2.38. The fourth-order valence-corrected chi connectivity index (χ4v) is 5.32. The number of allylic oxidation sites excluding steroid dienone is 1. The van der Waals surface area contributed by atoms with Crippen LogP contribution in [-0.2, 0) is 16.0 Å². The van der Waals surface area contributed by atoms with Crippen molar-refractivity contribution in [3.8, 4) is 0 Å². The number of nitrogens with two attached hydrogens (primary N) is 1. The smallest absolute Gasteiger partial charge is 0.246 e. The molecule has 2 aromatic rings. The second-order valence-electron chi connectivity index (χ2n) is 8.76. The number of fused-ring (bicyclic) bond motifs is 1. The van der Waals surface area contributed by atoms with Gasteiger partial charge < -0.3 is 16.0 Å². The predicted octanol–water partition coefficient (Wildman–Crippen LogP) is 3.28. The van der Waals surface area contributed by atoms with Gasteiger partial charge in [0.25, 0.3) is 0 Å². The van der Waals surface area contributed by atoms with Crippen molar-refractivity contribution in [2.24, 2.45) is 11.7 Å². The molecule has 1 fully saturated rings. The maximum atomic E-state index is 13.4. The van der Waals surface area contributed by atoms with Crippen LogP contribution in [0.15, 0.2) is 35.7 Å². The summed E-state index contributed by atoms with van der Waals surface area (Å²) in [6, 6.07) is 7.16. The van der Waals surface area contributed by atoms with Crippen LogP contribution < -0.4 is 11.1 Å². The Balaban J connectivity index is 1.54. The summed E-state index contributed by atoms with van der Waals surface area (Å²) in [5.74, 6) is -0.372. The zero-order chi connectivity index (χ0) is 22.1. The summed E-state index contributed by atoms with van der Waals surface area (Å²) >= 11 is 1.62. The molecule has 2 aliphatic rings. The summed E-state index contributed by atoms with van der Waals surface area (Å²) in [5, 5.41) is 5.91. The number of thiazole rings is 1. The fraction of sp³-hybridized carbons (Fsp3) is 0.458. The van der Waals surface area contributed by atoms with Crippen molar-refractivity contribution < 1.29 is 9.59 Å². The summed E-state index contributed by atoms with van der Waals surface area (Å²) in [6.45, 7) is 6.20. The number of rotatable bonds is 6. The van der Waals surface area contributed by atoms with E-state index in [4.69, 9.17) is 10.7 Å². The summed E-state index contributed by atoms with van der Waals surface area (Å²) in [7, 11) is 0. The molecule has 1 aliphatic heterocycles. The molecule has 1 aliphatic carbocycles. The van der Waals surface area contributed by atoms with E-state index in [1.807, 2.05) is 18.7 Å². The number of aromatic nitrogens is 1. The van der Waals surface area contributed by atoms with Gasteiger partial charge in [-0.2, -0.15) is 0 Å². The molecule has 4 rings (SSSR count). The van der Waals surface area contributed by atoms with Crippen molar-refractivity contribution in [1.29, 1.82) is 0 Å². The molecule has 0 spiro atoms. The third kappa shape index (κ3) is 4.29. The quantitative estimate of drug-likeness (QED) is 0.724. The lowest BCUT2D eigenvalue weighted by atomic mass is 10.0. The van der Waals surface area contributed by atoms with Gasteiger partial charge in [0.15, 0.2) is 0 Å². The van der Waals surface area contributed by atoms with E-state index < -0.39 is 12.1 Å². The number of hydrogen-bond donors (Lipinski definition) is 2. The fourth-order valence-electron chi connectivity index (χ4n) is 4.35. The van der Waals surface area contributed by atoms with E-state index in [1.165, 1.54) is 16.7 Å². The van der Waals surface area contributed by atoms with Crippen molar-refractivity contribution >= 4 is 28.7 Å². The molecule has 0 saturated carbocycles. The topological polar surface area (TPSA) is 88.3 Å². The molecule has 2 heterocycles. The van der Waals surface area contributed by atoms with Crippen molar-refractivity contribution in [3.05, 3.63) is 57.6 Å². The highest BCUT2D eigenvalue weighted by molar-refractivity contribution is 7.09. The molecule has 1 aromatic heterocycles. The minimum atomic E-state index is -0.646. The third-order valence-corrected chi connectivity index (χ3v) is 7.04. The van der Waals surface area contributed by atoms with Crippen LogP contribution in [-0.4, -0.2) is 40.3 Å². The molecule has 31 heavy (non-hydrogen) atoms. The molecule has 6 nitrogen and oxygen atoms in total. The molecule has 2 amide bonds. The first-order valence-corrected chi connectivity index (χ1v) is 11.9. The second kappa shape index (κ2) is 8.93. The molecule has 3 atom stereocenters. The lowest BCUT2D eigenvalue weighted by Gasteiger charge is -2.30. The van der Waals surface area contributed by atoms with Crippen molar-refractivity contribution in [2.75, 3.05) is 6.54 Å². The first-order valence-electron chi connectivity index (χ1n) is 11.0. The molecule has 1 aromatic carbocycles. The molecule has 1 saturated heterocycles. The van der Waals surface area contributed by atoms with Crippen LogP contribution in [0.1, 0.15) is 61.5 Å². The molecule has 0 radical (unpaired) electrons. The van der Waals surface area contributed by atoms with Gasteiger partial charge >= 0.3 is 0 Å². The molecule has 0 bridgehead atoms. The minimum absolute atomic E-state index is 0.0246. The molecule has 0 unspecified atom stereocenters. The van der Waals surface area contributed by atoms with Crippen LogP contribution in [0, 0.1) is 5.92 Å². The van der Waals surface area contributed by atoms with Gasteiger partial charge in [-0.25, -0.2) is 4.98 Å². The molecule has 164 valence electrons. The maximum Gasteiger partial charge on any atom is 0.246 e. The maximum absolute atomic E-state index is 13.4. The highest BCUT2D eigenvalue weighted by Gasteiger charge is 2.37. The average molecular weight is 439 g/mol. The van der Waals surface area contributed by atoms with Gasteiger partial charge in [0.1, 0.15) is 11.0 Å². The number of carbonyl (C=O) groups is 2. The Morgan fingerprint density at radius 3 is 2.77 bits per heavy atom. The number of hydrogen-bond acceptors (Lipinski definition) is 5. The Morgan fingerprint density at radius 1 is 1.26 bits per heavy atom. The number of carbonyl (C=O) groups excluding carboxylic acids is 2. The first-order chi connectivity index (χ1) is 14.9. The summed E-state index contributed by atoms with van der Waals surface area (Å²) in [4.78, 5) is 32.4. The monoisotopic (exact) mass is 438 g/mol. The van der Waals surface area contributed by atoms with Gasteiger partial charge in [-0.3, -0.25) is 9.59 Å². The first kappa shape index (κ1) is 21.7. The van der Waals surface area contributed by atoms with Crippen molar-refractivity contribution in [3.63, 3.8) is 0 Å². The SMILES string of the molecule is CC(C)[C@H](NC(=O)[C@H](C)N)C(=O)N1CCC[C@H]1c1nc(C2=CCc3ccccc32)cs1. The van der Waals surface area contributed by atoms with E-state index in [9.17, 15) is 9.59 Å². The van der Waals surface area contributed by atoms with E-state index in [0.717, 1.165) is 30.0 Å². The Kier molecular flexibility index (Phi) is 6.25. The number of likely N-dealkylation sites (tertiary alicyclic amines) is 1. The van der Waals surface area contributed by atoms with E-state index in [2.05, 4.69) is 41.0 Å². The van der Waals surface area contributed by atoms with E-state index >= 15 is 0 Å². The predicted molar refractivity (Wildman–Crippen MR) is 123 cm³/mol. The van der Waals surface area contributed by atoms with Crippen LogP contribution >= 0.6 is 11.3 Å². The van der Waals surface area contributed by atoms with Crippen LogP contribution in [0.3, 0.4) is 0 Å². The standard InChI is InChI=1S/C24H30N4O2S/c1-14(2)21(27-22(29)15(3)25)24(30)28-12-6-9-20(28)23-26-19(13-31-23)18-11-10-16-7-4-5-8-17(16)18/h4-5,7-8,11,13-15,20-21H,6,9-10,12,25H2,1-3H3,(H,27,29)/t15-,20-,21-/m0/s1. The zero-order valence-electron chi connectivity index (χ0n) is 18.3. The Bertz CT molecular complexity index is 1010. The van der Waals surface area contributed by atoms with Gasteiger partial charge in [0, 0.05) is 17.5 Å². The Hall–Kier alpha value is -2.51. The van der Waals surface area contributed by atoms with Gasteiger partial charge in [0.2, 0.25) is 11.8 Å². The van der Waals surface area contributed by atoms with Crippen molar-refractivity contribution in [1.82, 2.24) is 15.2 Å². The average Bonchev–Trinajstić information content (AvgIpc) is 3.49. The lowest BCUT2D eigenvalue weighted by Crippen LogP contribution is -2.54. The van der Waals surface area contributed by atoms with Crippen LogP contribution in [0.4, 0.5) is 0 Å². The zero-order valence-corrected chi connectivity index (χ0v) is 19.1. The minimum Gasteiger partial charge on any atom is -0.343 e. The number of benzene rings is 1. The van der Waals surface area contributed by atoms with Gasteiger partial charge in [-0.05, 0) is 43.2 Å². The highest BCUT2D eigenvalue weighted by atomic mass is 32.1. The Labute approximate surface area is 187 Å². The third-order valence-electron chi connectivity index (χ3n) is 6.10. The number of nitrogens with zero attached hydrogens (tertiary/aromatic N) is 2. The van der Waals surface area contributed by atoms with E-state index in [0.29, 0.717) is 6.54 Å². The molecular weight excluding hydrogens is 408 g/mol. The summed E-state index contributed by atoms with van der Waals surface area (Å²) in [6.07, 6.45) is 4.99. The number of nitrogens with one attached hydrogen (secondary N) is 1. The van der Waals surface area contributed by atoms with Crippen LogP contribution in [0.2, 0.25) is 0 Å². The van der Waals surface area contributed by atoms with Gasteiger partial charge in [0.05, 0.1) is 17.8 Å². The van der Waals surface area contributed by atoms with Crippen molar-refractivity contribution in [2.45, 2.75) is 58.2 Å². The molecular formula is C24H30N4O2S. The van der Waals surface area contributed by atoms with E-state index in [1.54, 1.807) is 18.3 Å². The van der Waals surface area contributed by atoms with Crippen LogP contribution in [0.5, 0.6) is 0 Å². The molecule has 3 N–H and O–H groups in total. The summed E-state index contributed by atoms with van der Waals surface area (Å²) in [5.41, 5.74) is 10.4. The molecule has 7 heteroatoms.